The van der Waals surface area contributed by atoms with Gasteiger partial charge in [-0.3, -0.25) is 4.79 Å². The molecule has 1 rings (SSSR count). The van der Waals surface area contributed by atoms with Crippen LogP contribution in [0, 0.1) is 17.6 Å². The summed E-state index contributed by atoms with van der Waals surface area (Å²) >= 11 is 0. The van der Waals surface area contributed by atoms with Crippen LogP contribution in [0.15, 0.2) is 23.1 Å². The maximum atomic E-state index is 13.3. The van der Waals surface area contributed by atoms with E-state index in [1.807, 2.05) is 0 Å². The first-order valence-corrected chi connectivity index (χ1v) is 6.83. The Kier molecular flexibility index (Phi) is 4.42. The molecule has 0 aliphatic heterocycles. The van der Waals surface area contributed by atoms with Crippen LogP contribution in [0.2, 0.25) is 0 Å². The molecular formula is C11H11F4NO3S. The largest absolute Gasteiger partial charge is 0.273 e. The fourth-order valence-electron chi connectivity index (χ4n) is 1.20. The van der Waals surface area contributed by atoms with Gasteiger partial charge >= 0.3 is 0 Å². The number of hydrogen-bond acceptors (Lipinski definition) is 3. The van der Waals surface area contributed by atoms with E-state index in [0.717, 1.165) is 13.0 Å². The highest BCUT2D eigenvalue weighted by Crippen LogP contribution is 2.24. The molecular weight excluding hydrogens is 302 g/mol. The Morgan fingerprint density at radius 3 is 2.35 bits per heavy atom. The summed E-state index contributed by atoms with van der Waals surface area (Å²) in [6.45, 7) is 1.25. The van der Waals surface area contributed by atoms with Gasteiger partial charge < -0.3 is 0 Å². The first-order valence-electron chi connectivity index (χ1n) is 5.35. The number of carbonyl (C=O) groups is 1. The third-order valence-corrected chi connectivity index (χ3v) is 3.96. The molecule has 0 aliphatic rings. The molecule has 9 heteroatoms. The van der Waals surface area contributed by atoms with Crippen molar-refractivity contribution in [3.05, 3.63) is 29.8 Å². The van der Waals surface area contributed by atoms with E-state index in [-0.39, 0.29) is 0 Å². The Bertz CT molecular complexity index is 625. The number of alkyl halides is 2. The Balaban J connectivity index is 3.08. The average Bonchev–Trinajstić information content (AvgIpc) is 2.29. The van der Waals surface area contributed by atoms with Crippen molar-refractivity contribution in [1.29, 1.82) is 0 Å². The van der Waals surface area contributed by atoms with Gasteiger partial charge in [-0.1, -0.05) is 6.07 Å². The molecule has 0 spiro atoms. The van der Waals surface area contributed by atoms with Crippen molar-refractivity contribution in [1.82, 2.24) is 4.72 Å². The van der Waals surface area contributed by atoms with E-state index in [0.29, 0.717) is 19.1 Å². The molecule has 1 unspecified atom stereocenters. The molecule has 0 radical (unpaired) electrons. The third-order valence-electron chi connectivity index (χ3n) is 2.59. The Hall–Kier alpha value is -1.64. The number of benzene rings is 1. The topological polar surface area (TPSA) is 63.2 Å². The summed E-state index contributed by atoms with van der Waals surface area (Å²) in [5, 5.41) is 0. The molecule has 0 aromatic heterocycles. The van der Waals surface area contributed by atoms with Gasteiger partial charge in [0.2, 0.25) is 5.91 Å². The van der Waals surface area contributed by atoms with Crippen molar-refractivity contribution >= 4 is 15.9 Å². The zero-order chi connectivity index (χ0) is 15.7. The molecule has 0 bridgehead atoms. The molecule has 20 heavy (non-hydrogen) atoms. The average molecular weight is 313 g/mol. The van der Waals surface area contributed by atoms with Crippen LogP contribution in [0.4, 0.5) is 17.6 Å². The standard InChI is InChI=1S/C11H11F4NO3S/c1-6(11(2,14)15)10(17)16-20(18,19)8-5-3-4-7(12)9(8)13/h3-6H,1-2H3,(H,16,17). The number of carbonyl (C=O) groups excluding carboxylic acids is 1. The number of amides is 1. The van der Waals surface area contributed by atoms with Crippen LogP contribution in [0.25, 0.3) is 0 Å². The maximum Gasteiger partial charge on any atom is 0.267 e. The zero-order valence-corrected chi connectivity index (χ0v) is 11.3. The third kappa shape index (κ3) is 3.47. The molecule has 0 aliphatic carbocycles. The Morgan fingerprint density at radius 1 is 1.30 bits per heavy atom. The molecule has 112 valence electrons. The Morgan fingerprint density at radius 2 is 1.85 bits per heavy atom. The quantitative estimate of drug-likeness (QED) is 0.866. The summed E-state index contributed by atoms with van der Waals surface area (Å²) in [5.41, 5.74) is 0. The van der Waals surface area contributed by atoms with Gasteiger partial charge in [0.15, 0.2) is 11.6 Å². The van der Waals surface area contributed by atoms with E-state index < -0.39 is 44.3 Å². The summed E-state index contributed by atoms with van der Waals surface area (Å²) in [6.07, 6.45) is 0. The smallest absolute Gasteiger partial charge is 0.267 e. The van der Waals surface area contributed by atoms with E-state index >= 15 is 0 Å². The fraction of sp³-hybridized carbons (Fsp3) is 0.364. The number of hydrogen-bond donors (Lipinski definition) is 1. The second-order valence-corrected chi connectivity index (χ2v) is 5.85. The number of nitrogens with one attached hydrogen (secondary N) is 1. The summed E-state index contributed by atoms with van der Waals surface area (Å²) in [7, 11) is -4.77. The van der Waals surface area contributed by atoms with Crippen LogP contribution < -0.4 is 4.72 Å². The van der Waals surface area contributed by atoms with Crippen LogP contribution >= 0.6 is 0 Å². The first kappa shape index (κ1) is 16.4. The zero-order valence-electron chi connectivity index (χ0n) is 10.5. The number of halogens is 4. The molecule has 0 fully saturated rings. The lowest BCUT2D eigenvalue weighted by molar-refractivity contribution is -0.134. The molecule has 1 amide bonds. The summed E-state index contributed by atoms with van der Waals surface area (Å²) in [5.74, 6) is -10.0. The van der Waals surface area contributed by atoms with Gasteiger partial charge in [0.05, 0.1) is 5.92 Å². The Labute approximate surface area is 112 Å². The van der Waals surface area contributed by atoms with Gasteiger partial charge in [-0.2, -0.15) is 0 Å². The molecule has 0 saturated heterocycles. The minimum absolute atomic E-state index is 0.437. The van der Waals surface area contributed by atoms with Crippen molar-refractivity contribution in [2.45, 2.75) is 24.7 Å². The van der Waals surface area contributed by atoms with Gasteiger partial charge in [-0.15, -0.1) is 0 Å². The molecule has 1 aromatic carbocycles. The normalized spacial score (nSPS) is 13.9. The van der Waals surface area contributed by atoms with Crippen molar-refractivity contribution < 1.29 is 30.8 Å². The second-order valence-electron chi connectivity index (χ2n) is 4.20. The van der Waals surface area contributed by atoms with Crippen LogP contribution in [0.1, 0.15) is 13.8 Å². The van der Waals surface area contributed by atoms with Crippen molar-refractivity contribution in [2.75, 3.05) is 0 Å². The molecule has 1 N–H and O–H groups in total. The minimum atomic E-state index is -4.77. The second kappa shape index (κ2) is 5.39. The van der Waals surface area contributed by atoms with E-state index in [9.17, 15) is 30.8 Å². The van der Waals surface area contributed by atoms with Crippen LogP contribution in [-0.2, 0) is 14.8 Å². The van der Waals surface area contributed by atoms with E-state index in [2.05, 4.69) is 0 Å². The SMILES string of the molecule is CC(C(=O)NS(=O)(=O)c1cccc(F)c1F)C(C)(F)F. The maximum absolute atomic E-state index is 13.3. The van der Waals surface area contributed by atoms with Crippen molar-refractivity contribution in [3.8, 4) is 0 Å². The summed E-state index contributed by atoms with van der Waals surface area (Å²) in [4.78, 5) is 10.3. The lowest BCUT2D eigenvalue weighted by atomic mass is 10.1. The van der Waals surface area contributed by atoms with E-state index in [1.54, 1.807) is 0 Å². The number of rotatable bonds is 4. The van der Waals surface area contributed by atoms with Crippen LogP contribution in [0.3, 0.4) is 0 Å². The van der Waals surface area contributed by atoms with Gasteiger partial charge in [0.1, 0.15) is 4.90 Å². The van der Waals surface area contributed by atoms with Gasteiger partial charge in [-0.05, 0) is 19.1 Å². The highest BCUT2D eigenvalue weighted by Gasteiger charge is 2.38. The number of sulfonamides is 1. The van der Waals surface area contributed by atoms with Crippen LogP contribution in [0.5, 0.6) is 0 Å². The highest BCUT2D eigenvalue weighted by molar-refractivity contribution is 7.90. The van der Waals surface area contributed by atoms with Gasteiger partial charge in [-0.25, -0.2) is 30.7 Å². The van der Waals surface area contributed by atoms with Crippen molar-refractivity contribution in [2.24, 2.45) is 5.92 Å². The van der Waals surface area contributed by atoms with E-state index in [1.165, 1.54) is 4.72 Å². The van der Waals surface area contributed by atoms with Crippen LogP contribution in [-0.4, -0.2) is 20.2 Å². The van der Waals surface area contributed by atoms with Gasteiger partial charge in [0, 0.05) is 6.92 Å². The lowest BCUT2D eigenvalue weighted by Crippen LogP contribution is -2.41. The van der Waals surface area contributed by atoms with Crippen molar-refractivity contribution in [3.63, 3.8) is 0 Å². The monoisotopic (exact) mass is 313 g/mol. The first-order chi connectivity index (χ1) is 8.97. The molecule has 1 aromatic rings. The summed E-state index contributed by atoms with van der Waals surface area (Å²) < 4.78 is 76.7. The molecule has 4 nitrogen and oxygen atoms in total. The lowest BCUT2D eigenvalue weighted by Gasteiger charge is -2.18. The fourth-order valence-corrected chi connectivity index (χ4v) is 2.34. The summed E-state index contributed by atoms with van der Waals surface area (Å²) in [6, 6.07) is 2.30. The molecule has 1 atom stereocenters. The predicted molar refractivity (Wildman–Crippen MR) is 61.5 cm³/mol. The molecule has 0 saturated carbocycles. The predicted octanol–water partition coefficient (Wildman–Crippen LogP) is 2.06. The highest BCUT2D eigenvalue weighted by atomic mass is 32.2. The minimum Gasteiger partial charge on any atom is -0.273 e. The van der Waals surface area contributed by atoms with E-state index in [4.69, 9.17) is 0 Å². The molecule has 0 heterocycles. The van der Waals surface area contributed by atoms with Gasteiger partial charge in [0.25, 0.3) is 15.9 Å².